The molecule has 0 unspecified atom stereocenters. The Labute approximate surface area is 224 Å². The van der Waals surface area contributed by atoms with Crippen molar-refractivity contribution in [2.75, 3.05) is 27.2 Å². The van der Waals surface area contributed by atoms with E-state index < -0.39 is 5.60 Å². The van der Waals surface area contributed by atoms with Crippen LogP contribution in [0.25, 0.3) is 21.5 Å². The first-order chi connectivity index (χ1) is 17.6. The van der Waals surface area contributed by atoms with Gasteiger partial charge in [-0.25, -0.2) is 4.79 Å². The van der Waals surface area contributed by atoms with E-state index in [4.69, 9.17) is 4.74 Å². The van der Waals surface area contributed by atoms with Crippen LogP contribution in [0.3, 0.4) is 0 Å². The third-order valence-corrected chi connectivity index (χ3v) is 8.62. The molecule has 0 spiro atoms. The summed E-state index contributed by atoms with van der Waals surface area (Å²) in [6, 6.07) is 10.5. The summed E-state index contributed by atoms with van der Waals surface area (Å²) < 4.78 is 9.07. The summed E-state index contributed by atoms with van der Waals surface area (Å²) in [7, 11) is 4.08. The zero-order valence-corrected chi connectivity index (χ0v) is 23.6. The monoisotopic (exact) mass is 521 g/mol. The first-order valence-corrected chi connectivity index (χ1v) is 14.3. The number of aromatic nitrogens is 1. The molecule has 198 valence electrons. The molecule has 0 bridgehead atoms. The Kier molecular flexibility index (Phi) is 7.20. The molecule has 3 aromatic rings. The third-order valence-electron chi connectivity index (χ3n) is 7.48. The van der Waals surface area contributed by atoms with Gasteiger partial charge in [-0.15, -0.1) is 11.3 Å². The van der Waals surface area contributed by atoms with E-state index in [2.05, 4.69) is 33.7 Å². The number of benzene rings is 1. The van der Waals surface area contributed by atoms with Crippen molar-refractivity contribution in [2.45, 2.75) is 77.5 Å². The molecule has 0 saturated heterocycles. The van der Waals surface area contributed by atoms with Crippen molar-refractivity contribution < 1.29 is 14.3 Å². The molecule has 1 aromatic carbocycles. The van der Waals surface area contributed by atoms with E-state index in [1.54, 1.807) is 0 Å². The van der Waals surface area contributed by atoms with Gasteiger partial charge in [0.1, 0.15) is 17.0 Å². The van der Waals surface area contributed by atoms with E-state index in [1.807, 2.05) is 45.8 Å². The van der Waals surface area contributed by atoms with Gasteiger partial charge in [-0.05, 0) is 70.8 Å². The normalized spacial score (nSPS) is 17.0. The van der Waals surface area contributed by atoms with E-state index in [0.717, 1.165) is 29.6 Å². The van der Waals surface area contributed by atoms with Crippen LogP contribution in [0.4, 0.5) is 0 Å². The number of carbonyl (C=O) groups excluding carboxylic acids is 2. The minimum absolute atomic E-state index is 0.120. The van der Waals surface area contributed by atoms with Crippen molar-refractivity contribution in [3.8, 4) is 11.3 Å². The van der Waals surface area contributed by atoms with Crippen LogP contribution in [0.1, 0.15) is 79.6 Å². The second kappa shape index (κ2) is 10.3. The maximum Gasteiger partial charge on any atom is 0.348 e. The molecule has 1 aliphatic carbocycles. The van der Waals surface area contributed by atoms with Gasteiger partial charge in [-0.2, -0.15) is 0 Å². The molecule has 6 nitrogen and oxygen atoms in total. The van der Waals surface area contributed by atoms with Gasteiger partial charge in [-0.1, -0.05) is 43.5 Å². The summed E-state index contributed by atoms with van der Waals surface area (Å²) in [5.41, 5.74) is 5.34. The molecule has 0 radical (unpaired) electrons. The van der Waals surface area contributed by atoms with Crippen LogP contribution in [0.5, 0.6) is 0 Å². The molecule has 0 N–H and O–H groups in total. The van der Waals surface area contributed by atoms with Crippen LogP contribution in [0, 0.1) is 0 Å². The maximum atomic E-state index is 13.7. The molecule has 1 amide bonds. The summed E-state index contributed by atoms with van der Waals surface area (Å²) in [6.45, 7) is 8.09. The Balaban J connectivity index is 1.69. The second-order valence-electron chi connectivity index (χ2n) is 11.8. The Bertz CT molecular complexity index is 1310. The number of rotatable bonds is 5. The van der Waals surface area contributed by atoms with E-state index in [1.165, 1.54) is 53.0 Å². The number of nitrogens with zero attached hydrogens (tertiary/aromatic N) is 3. The van der Waals surface area contributed by atoms with Gasteiger partial charge in [0.05, 0.1) is 15.9 Å². The molecule has 1 aliphatic heterocycles. The fourth-order valence-corrected chi connectivity index (χ4v) is 6.91. The number of amides is 1. The fraction of sp³-hybridized carbons (Fsp3) is 0.533. The van der Waals surface area contributed by atoms with Gasteiger partial charge in [0.2, 0.25) is 5.91 Å². The maximum absolute atomic E-state index is 13.7. The minimum Gasteiger partial charge on any atom is -0.456 e. The van der Waals surface area contributed by atoms with Gasteiger partial charge in [0.25, 0.3) is 0 Å². The van der Waals surface area contributed by atoms with Gasteiger partial charge >= 0.3 is 5.97 Å². The van der Waals surface area contributed by atoms with Crippen molar-refractivity contribution in [1.82, 2.24) is 14.4 Å². The third kappa shape index (κ3) is 5.34. The average molecular weight is 522 g/mol. The predicted molar refractivity (Wildman–Crippen MR) is 150 cm³/mol. The standard InChI is InChI=1S/C30H39N3O3S/c1-30(2,3)36-29(35)24-17-23-28(37-24)26(20-11-7-6-8-12-20)27-22-14-10-9-13-21(22)18-32(16-15-31(4)5)25(34)19-33(23)27/h9-10,13-14,17,20H,6-8,11-12,15-16,18-19H2,1-5H3. The first-order valence-electron chi connectivity index (χ1n) is 13.5. The van der Waals surface area contributed by atoms with Crippen LogP contribution in [0.15, 0.2) is 30.3 Å². The van der Waals surface area contributed by atoms with Crippen LogP contribution in [-0.4, -0.2) is 59.0 Å². The van der Waals surface area contributed by atoms with Crippen LogP contribution < -0.4 is 0 Å². The van der Waals surface area contributed by atoms with E-state index in [0.29, 0.717) is 23.9 Å². The zero-order valence-electron chi connectivity index (χ0n) is 22.8. The number of thiophene rings is 1. The summed E-state index contributed by atoms with van der Waals surface area (Å²) in [6.07, 6.45) is 6.02. The zero-order chi connectivity index (χ0) is 26.3. The molecule has 37 heavy (non-hydrogen) atoms. The van der Waals surface area contributed by atoms with Crippen molar-refractivity contribution >= 4 is 33.4 Å². The lowest BCUT2D eigenvalue weighted by Crippen LogP contribution is -2.39. The number of fused-ring (bicyclic) bond motifs is 5. The topological polar surface area (TPSA) is 54.8 Å². The smallest absolute Gasteiger partial charge is 0.348 e. The molecule has 2 aromatic heterocycles. The molecule has 2 aliphatic rings. The Hall–Kier alpha value is -2.64. The molecular formula is C30H39N3O3S. The molecule has 5 rings (SSSR count). The van der Waals surface area contributed by atoms with Crippen molar-refractivity contribution in [3.63, 3.8) is 0 Å². The molecule has 3 heterocycles. The lowest BCUT2D eigenvalue weighted by Gasteiger charge is -2.30. The van der Waals surface area contributed by atoms with Crippen molar-refractivity contribution in [2.24, 2.45) is 0 Å². The lowest BCUT2D eigenvalue weighted by molar-refractivity contribution is -0.132. The highest BCUT2D eigenvalue weighted by atomic mass is 32.1. The number of carbonyl (C=O) groups is 2. The molecule has 1 fully saturated rings. The molecule has 1 saturated carbocycles. The minimum atomic E-state index is -0.554. The second-order valence-corrected chi connectivity index (χ2v) is 12.8. The number of likely N-dealkylation sites (N-methyl/N-ethyl adjacent to an activating group) is 1. The van der Waals surface area contributed by atoms with Gasteiger partial charge < -0.3 is 19.1 Å². The highest BCUT2D eigenvalue weighted by molar-refractivity contribution is 7.21. The SMILES string of the molecule is CN(C)CCN1Cc2ccccc2-c2c(C3CCCCC3)c3sc(C(=O)OC(C)(C)C)cc3n2CC1=O. The summed E-state index contributed by atoms with van der Waals surface area (Å²) >= 11 is 1.54. The average Bonchev–Trinajstić information content (AvgIpc) is 3.38. The summed E-state index contributed by atoms with van der Waals surface area (Å²) in [5, 5.41) is 0. The van der Waals surface area contributed by atoms with Crippen LogP contribution >= 0.6 is 11.3 Å². The first kappa shape index (κ1) is 26.0. The molecule has 0 atom stereocenters. The highest BCUT2D eigenvalue weighted by Gasteiger charge is 2.33. The number of esters is 1. The predicted octanol–water partition coefficient (Wildman–Crippen LogP) is 6.28. The van der Waals surface area contributed by atoms with Crippen LogP contribution in [0.2, 0.25) is 0 Å². The fourth-order valence-electron chi connectivity index (χ4n) is 5.74. The van der Waals surface area contributed by atoms with Crippen molar-refractivity contribution in [1.29, 1.82) is 0 Å². The van der Waals surface area contributed by atoms with E-state index in [9.17, 15) is 9.59 Å². The van der Waals surface area contributed by atoms with Crippen molar-refractivity contribution in [3.05, 3.63) is 46.3 Å². The largest absolute Gasteiger partial charge is 0.456 e. The molecule has 7 heteroatoms. The van der Waals surface area contributed by atoms with Crippen LogP contribution in [-0.2, 0) is 22.6 Å². The quantitative estimate of drug-likeness (QED) is 0.371. The van der Waals surface area contributed by atoms with Gasteiger partial charge in [0.15, 0.2) is 0 Å². The number of hydrogen-bond donors (Lipinski definition) is 0. The lowest BCUT2D eigenvalue weighted by atomic mass is 9.82. The van der Waals surface area contributed by atoms with Gasteiger partial charge in [-0.3, -0.25) is 4.79 Å². The summed E-state index contributed by atoms with van der Waals surface area (Å²) in [5.74, 6) is 0.266. The van der Waals surface area contributed by atoms with E-state index >= 15 is 0 Å². The molecular weight excluding hydrogens is 482 g/mol. The number of hydrogen-bond acceptors (Lipinski definition) is 5. The number of ether oxygens (including phenoxy) is 1. The van der Waals surface area contributed by atoms with E-state index in [-0.39, 0.29) is 18.4 Å². The Morgan fingerprint density at radius 2 is 1.84 bits per heavy atom. The Morgan fingerprint density at radius 3 is 2.54 bits per heavy atom. The Morgan fingerprint density at radius 1 is 1.11 bits per heavy atom. The van der Waals surface area contributed by atoms with Gasteiger partial charge in [0, 0.05) is 25.2 Å². The highest BCUT2D eigenvalue weighted by Crippen LogP contribution is 2.48. The summed E-state index contributed by atoms with van der Waals surface area (Å²) in [4.78, 5) is 31.5.